The molecule has 0 aliphatic carbocycles. The van der Waals surface area contributed by atoms with Gasteiger partial charge in [-0.25, -0.2) is 8.42 Å². The van der Waals surface area contributed by atoms with Gasteiger partial charge in [-0.15, -0.1) is 11.3 Å². The third-order valence-corrected chi connectivity index (χ3v) is 9.61. The molecule has 0 bridgehead atoms. The Morgan fingerprint density at radius 2 is 2.16 bits per heavy atom. The highest BCUT2D eigenvalue weighted by atomic mass is 32.2. The number of aliphatic carboxylic acids is 1. The van der Waals surface area contributed by atoms with E-state index in [-0.39, 0.29) is 28.7 Å². The van der Waals surface area contributed by atoms with E-state index in [1.165, 1.54) is 19.4 Å². The van der Waals surface area contributed by atoms with E-state index in [1.54, 1.807) is 28.5 Å². The number of carbonyl (C=O) groups excluding carboxylic acids is 1. The summed E-state index contributed by atoms with van der Waals surface area (Å²) in [7, 11) is -2.65. The maximum absolute atomic E-state index is 13.9. The molecular formula is C21H26N2O7S2. The lowest BCUT2D eigenvalue weighted by Crippen LogP contribution is -2.58. The number of sulfonamides is 1. The van der Waals surface area contributed by atoms with E-state index >= 15 is 0 Å². The number of carbonyl (C=O) groups is 2. The number of carboxylic acid groups (broad SMARTS) is 1. The summed E-state index contributed by atoms with van der Waals surface area (Å²) in [6.45, 7) is 1.09. The zero-order valence-corrected chi connectivity index (χ0v) is 19.3. The molecule has 32 heavy (non-hydrogen) atoms. The zero-order valence-electron chi connectivity index (χ0n) is 17.7. The predicted molar refractivity (Wildman–Crippen MR) is 116 cm³/mol. The average Bonchev–Trinajstić information content (AvgIpc) is 3.51. The van der Waals surface area contributed by atoms with Gasteiger partial charge < -0.3 is 19.2 Å². The highest BCUT2D eigenvalue weighted by Gasteiger charge is 2.64. The van der Waals surface area contributed by atoms with Gasteiger partial charge >= 0.3 is 5.97 Å². The second-order valence-electron chi connectivity index (χ2n) is 8.12. The Labute approximate surface area is 190 Å². The maximum Gasteiger partial charge on any atom is 0.308 e. The molecule has 2 aromatic rings. The smallest absolute Gasteiger partial charge is 0.308 e. The second-order valence-corrected chi connectivity index (χ2v) is 11.1. The van der Waals surface area contributed by atoms with Gasteiger partial charge in [-0.3, -0.25) is 9.59 Å². The van der Waals surface area contributed by atoms with Crippen LogP contribution in [0.2, 0.25) is 0 Å². The van der Waals surface area contributed by atoms with E-state index in [9.17, 15) is 23.1 Å². The third-order valence-electron chi connectivity index (χ3n) is 6.29. The van der Waals surface area contributed by atoms with Crippen LogP contribution in [0.25, 0.3) is 0 Å². The Morgan fingerprint density at radius 1 is 1.34 bits per heavy atom. The van der Waals surface area contributed by atoms with Gasteiger partial charge in [0.25, 0.3) is 10.0 Å². The van der Waals surface area contributed by atoms with Gasteiger partial charge in [-0.05, 0) is 49.3 Å². The summed E-state index contributed by atoms with van der Waals surface area (Å²) in [5, 5.41) is 11.7. The van der Waals surface area contributed by atoms with Crippen LogP contribution in [0, 0.1) is 5.92 Å². The first kappa shape index (κ1) is 23.0. The molecule has 2 fully saturated rings. The van der Waals surface area contributed by atoms with E-state index in [2.05, 4.69) is 0 Å². The number of amides is 1. The molecule has 1 spiro atoms. The van der Waals surface area contributed by atoms with Crippen molar-refractivity contribution in [1.82, 2.24) is 9.21 Å². The number of furan rings is 1. The molecule has 4 rings (SSSR count). The molecule has 0 saturated carbocycles. The number of ether oxygens (including phenoxy) is 1. The predicted octanol–water partition coefficient (Wildman–Crippen LogP) is 2.58. The topological polar surface area (TPSA) is 117 Å². The highest BCUT2D eigenvalue weighted by Crippen LogP contribution is 2.53. The standard InChI is InChI=1S/C21H26N2O7S2/c1-29-12-10-22-9-3-2-8-21(20(22)26)14-15(19(24)25)18(16-6-4-11-30-16)23(21)32(27,28)17-7-5-13-31-17/h4-7,11,13,15,18H,2-3,8-10,12,14H2,1H3,(H,24,25)/t15-,18+,21-/m0/s1. The normalized spacial score (nSPS) is 27.2. The fourth-order valence-electron chi connectivity index (χ4n) is 4.91. The van der Waals surface area contributed by atoms with Gasteiger partial charge in [-0.1, -0.05) is 6.07 Å². The molecule has 2 saturated heterocycles. The molecule has 0 radical (unpaired) electrons. The number of thiophene rings is 1. The van der Waals surface area contributed by atoms with Crippen LogP contribution in [-0.4, -0.2) is 67.0 Å². The van der Waals surface area contributed by atoms with Crippen molar-refractivity contribution >= 4 is 33.2 Å². The summed E-state index contributed by atoms with van der Waals surface area (Å²) in [4.78, 5) is 27.9. The number of carboxylic acids is 1. The van der Waals surface area contributed by atoms with Crippen molar-refractivity contribution in [3.05, 3.63) is 41.7 Å². The van der Waals surface area contributed by atoms with Crippen LogP contribution in [0.1, 0.15) is 37.5 Å². The zero-order chi connectivity index (χ0) is 22.9. The lowest BCUT2D eigenvalue weighted by atomic mass is 9.86. The molecule has 4 heterocycles. The minimum absolute atomic E-state index is 0.0694. The van der Waals surface area contributed by atoms with E-state index < -0.39 is 33.5 Å². The molecule has 0 unspecified atom stereocenters. The van der Waals surface area contributed by atoms with Crippen LogP contribution in [-0.2, 0) is 24.3 Å². The fraction of sp³-hybridized carbons (Fsp3) is 0.524. The summed E-state index contributed by atoms with van der Waals surface area (Å²) in [6, 6.07) is 5.14. The summed E-state index contributed by atoms with van der Waals surface area (Å²) in [5.74, 6) is -2.43. The van der Waals surface area contributed by atoms with Crippen molar-refractivity contribution in [2.24, 2.45) is 5.92 Å². The summed E-state index contributed by atoms with van der Waals surface area (Å²) < 4.78 is 39.7. The minimum atomic E-state index is -4.19. The van der Waals surface area contributed by atoms with Crippen molar-refractivity contribution < 1.29 is 32.3 Å². The van der Waals surface area contributed by atoms with Gasteiger partial charge in [0.15, 0.2) is 0 Å². The summed E-state index contributed by atoms with van der Waals surface area (Å²) in [5.41, 5.74) is -1.51. The van der Waals surface area contributed by atoms with Crippen molar-refractivity contribution in [1.29, 1.82) is 0 Å². The van der Waals surface area contributed by atoms with Crippen molar-refractivity contribution in [3.8, 4) is 0 Å². The summed E-state index contributed by atoms with van der Waals surface area (Å²) in [6.07, 6.45) is 2.83. The number of rotatable bonds is 7. The van der Waals surface area contributed by atoms with Gasteiger partial charge in [-0.2, -0.15) is 4.31 Å². The lowest BCUT2D eigenvalue weighted by Gasteiger charge is -2.39. The van der Waals surface area contributed by atoms with Crippen LogP contribution in [0.5, 0.6) is 0 Å². The number of likely N-dealkylation sites (tertiary alicyclic amines) is 1. The first-order valence-electron chi connectivity index (χ1n) is 10.5. The Kier molecular flexibility index (Phi) is 6.44. The number of hydrogen-bond acceptors (Lipinski definition) is 7. The molecule has 1 amide bonds. The second kappa shape index (κ2) is 8.97. The molecule has 1 N–H and O–H groups in total. The van der Waals surface area contributed by atoms with Crippen LogP contribution in [0.15, 0.2) is 44.5 Å². The maximum atomic E-state index is 13.9. The molecule has 0 aromatic carbocycles. The van der Waals surface area contributed by atoms with Crippen LogP contribution in [0.4, 0.5) is 0 Å². The summed E-state index contributed by atoms with van der Waals surface area (Å²) >= 11 is 1.04. The Bertz CT molecular complexity index is 1050. The molecule has 2 aliphatic heterocycles. The molecule has 2 aromatic heterocycles. The Hall–Kier alpha value is -2.21. The molecule has 2 aliphatic rings. The highest BCUT2D eigenvalue weighted by molar-refractivity contribution is 7.91. The molecule has 3 atom stereocenters. The van der Waals surface area contributed by atoms with E-state index in [0.29, 0.717) is 32.5 Å². The largest absolute Gasteiger partial charge is 0.481 e. The third kappa shape index (κ3) is 3.76. The molecule has 174 valence electrons. The first-order chi connectivity index (χ1) is 15.3. The molecule has 9 nitrogen and oxygen atoms in total. The fourth-order valence-corrected chi connectivity index (χ4v) is 7.95. The molecule has 11 heteroatoms. The lowest BCUT2D eigenvalue weighted by molar-refractivity contribution is -0.142. The van der Waals surface area contributed by atoms with Crippen LogP contribution >= 0.6 is 11.3 Å². The van der Waals surface area contributed by atoms with Crippen molar-refractivity contribution in [3.63, 3.8) is 0 Å². The Morgan fingerprint density at radius 3 is 2.78 bits per heavy atom. The quantitative estimate of drug-likeness (QED) is 0.644. The average molecular weight is 483 g/mol. The van der Waals surface area contributed by atoms with Gasteiger partial charge in [0.05, 0.1) is 24.8 Å². The number of hydrogen-bond donors (Lipinski definition) is 1. The first-order valence-corrected chi connectivity index (χ1v) is 12.8. The van der Waals surface area contributed by atoms with E-state index in [4.69, 9.17) is 9.15 Å². The molecular weight excluding hydrogens is 456 g/mol. The Balaban J connectivity index is 1.91. The van der Waals surface area contributed by atoms with E-state index in [0.717, 1.165) is 15.6 Å². The minimum Gasteiger partial charge on any atom is -0.481 e. The van der Waals surface area contributed by atoms with Crippen molar-refractivity contribution in [2.45, 2.75) is 41.5 Å². The number of methoxy groups -OCH3 is 1. The van der Waals surface area contributed by atoms with Gasteiger partial charge in [0.1, 0.15) is 15.5 Å². The van der Waals surface area contributed by atoms with Crippen LogP contribution < -0.4 is 0 Å². The SMILES string of the molecule is COCCN1CCCC[C@]2(C[C@H](C(=O)O)[C@H](c3ccco3)N2S(=O)(=O)c2cccs2)C1=O. The van der Waals surface area contributed by atoms with E-state index in [1.807, 2.05) is 0 Å². The van der Waals surface area contributed by atoms with Crippen molar-refractivity contribution in [2.75, 3.05) is 26.8 Å². The van der Waals surface area contributed by atoms with Gasteiger partial charge in [0.2, 0.25) is 5.91 Å². The monoisotopic (exact) mass is 482 g/mol. The van der Waals surface area contributed by atoms with Gasteiger partial charge in [0, 0.05) is 20.2 Å². The number of nitrogens with zero attached hydrogens (tertiary/aromatic N) is 2. The van der Waals surface area contributed by atoms with Crippen LogP contribution in [0.3, 0.4) is 0 Å².